The number of aromatic nitrogens is 1. The Morgan fingerprint density at radius 3 is 2.69 bits per heavy atom. The zero-order valence-corrected chi connectivity index (χ0v) is 17.5. The number of rotatable bonds is 5. The fourth-order valence-corrected chi connectivity index (χ4v) is 4.20. The van der Waals surface area contributed by atoms with Crippen molar-refractivity contribution in [2.45, 2.75) is 31.8 Å². The van der Waals surface area contributed by atoms with Crippen LogP contribution < -0.4 is 4.74 Å². The third kappa shape index (κ3) is 4.82. The maximum absolute atomic E-state index is 12.6. The van der Waals surface area contributed by atoms with Gasteiger partial charge in [-0.15, -0.1) is 0 Å². The van der Waals surface area contributed by atoms with Gasteiger partial charge >= 0.3 is 0 Å². The zero-order valence-electron chi connectivity index (χ0n) is 16.0. The van der Waals surface area contributed by atoms with Gasteiger partial charge in [0.2, 0.25) is 5.91 Å². The molecule has 0 aliphatic carbocycles. The van der Waals surface area contributed by atoms with Crippen molar-refractivity contribution < 1.29 is 9.53 Å². The van der Waals surface area contributed by atoms with Crippen LogP contribution in [-0.4, -0.2) is 35.0 Å². The van der Waals surface area contributed by atoms with Crippen molar-refractivity contribution >= 4 is 40.0 Å². The molecule has 1 aromatic heterocycles. The van der Waals surface area contributed by atoms with Gasteiger partial charge in [0.25, 0.3) is 0 Å². The Morgan fingerprint density at radius 2 is 1.90 bits per heavy atom. The first-order chi connectivity index (χ1) is 14.1. The summed E-state index contributed by atoms with van der Waals surface area (Å²) < 4.78 is 6.22. The number of fused-ring (bicyclic) bond motifs is 1. The van der Waals surface area contributed by atoms with E-state index in [1.807, 2.05) is 41.3 Å². The third-order valence-electron chi connectivity index (χ3n) is 5.31. The molecule has 0 unspecified atom stereocenters. The summed E-state index contributed by atoms with van der Waals surface area (Å²) in [6.07, 6.45) is 4.57. The van der Waals surface area contributed by atoms with Gasteiger partial charge in [-0.05, 0) is 36.2 Å². The minimum Gasteiger partial charge on any atom is -0.488 e. The molecule has 2 heterocycles. The van der Waals surface area contributed by atoms with Crippen molar-refractivity contribution in [2.75, 3.05) is 13.1 Å². The van der Waals surface area contributed by atoms with Crippen molar-refractivity contribution in [3.63, 3.8) is 0 Å². The molecule has 0 radical (unpaired) electrons. The molecule has 0 saturated carbocycles. The van der Waals surface area contributed by atoms with Gasteiger partial charge in [-0.1, -0.05) is 47.5 Å². The molecule has 150 valence electrons. The Labute approximate surface area is 180 Å². The molecule has 3 aromatic rings. The van der Waals surface area contributed by atoms with Gasteiger partial charge in [0, 0.05) is 54.0 Å². The van der Waals surface area contributed by atoms with Crippen molar-refractivity contribution in [2.24, 2.45) is 0 Å². The van der Waals surface area contributed by atoms with Crippen LogP contribution in [0.25, 0.3) is 10.9 Å². The first-order valence-electron chi connectivity index (χ1n) is 9.82. The smallest absolute Gasteiger partial charge is 0.222 e. The van der Waals surface area contributed by atoms with Gasteiger partial charge in [0.1, 0.15) is 17.4 Å². The minimum absolute atomic E-state index is 0.0948. The maximum atomic E-state index is 12.6. The summed E-state index contributed by atoms with van der Waals surface area (Å²) in [6.45, 7) is 1.41. The number of carbonyl (C=O) groups is 1. The van der Waals surface area contributed by atoms with E-state index in [-0.39, 0.29) is 12.0 Å². The molecule has 0 spiro atoms. The highest BCUT2D eigenvalue weighted by atomic mass is 35.5. The number of amides is 1. The normalized spacial score (nSPS) is 14.9. The summed E-state index contributed by atoms with van der Waals surface area (Å²) in [5.74, 6) is 0.964. The van der Waals surface area contributed by atoms with E-state index in [0.29, 0.717) is 36.0 Å². The second-order valence-electron chi connectivity index (χ2n) is 7.26. The number of hydrogen-bond acceptors (Lipinski definition) is 3. The molecule has 1 fully saturated rings. The topological polar surface area (TPSA) is 42.4 Å². The van der Waals surface area contributed by atoms with E-state index in [0.717, 1.165) is 35.1 Å². The molecule has 0 atom stereocenters. The number of para-hydroxylation sites is 1. The quantitative estimate of drug-likeness (QED) is 0.535. The number of likely N-dealkylation sites (tertiary alicyclic amines) is 1. The molecule has 29 heavy (non-hydrogen) atoms. The fourth-order valence-electron chi connectivity index (χ4n) is 3.70. The van der Waals surface area contributed by atoms with E-state index in [4.69, 9.17) is 27.9 Å². The van der Waals surface area contributed by atoms with Crippen LogP contribution in [0.4, 0.5) is 0 Å². The Bertz CT molecular complexity index is 1010. The summed E-state index contributed by atoms with van der Waals surface area (Å²) in [5, 5.41) is 2.29. The van der Waals surface area contributed by atoms with E-state index in [2.05, 4.69) is 4.98 Å². The summed E-state index contributed by atoms with van der Waals surface area (Å²) in [5.41, 5.74) is 1.83. The van der Waals surface area contributed by atoms with E-state index < -0.39 is 0 Å². The Balaban J connectivity index is 1.30. The van der Waals surface area contributed by atoms with Crippen LogP contribution in [0.2, 0.25) is 10.0 Å². The van der Waals surface area contributed by atoms with E-state index in [9.17, 15) is 4.79 Å². The van der Waals surface area contributed by atoms with Gasteiger partial charge in [-0.25, -0.2) is 0 Å². The van der Waals surface area contributed by atoms with Crippen LogP contribution >= 0.6 is 23.2 Å². The number of hydrogen-bond donors (Lipinski definition) is 0. The molecule has 2 aromatic carbocycles. The van der Waals surface area contributed by atoms with Crippen LogP contribution in [0.1, 0.15) is 24.8 Å². The molecular weight excluding hydrogens is 407 g/mol. The largest absolute Gasteiger partial charge is 0.488 e. The van der Waals surface area contributed by atoms with Crippen molar-refractivity contribution in [1.82, 2.24) is 9.88 Å². The number of carbonyl (C=O) groups excluding carboxylic acids is 1. The molecule has 0 bridgehead atoms. The lowest BCUT2D eigenvalue weighted by Crippen LogP contribution is -2.41. The Morgan fingerprint density at radius 1 is 1.10 bits per heavy atom. The second-order valence-corrected chi connectivity index (χ2v) is 8.11. The first kappa shape index (κ1) is 20.0. The highest BCUT2D eigenvalue weighted by molar-refractivity contribution is 6.35. The third-order valence-corrected chi connectivity index (χ3v) is 5.89. The zero-order chi connectivity index (χ0) is 20.2. The predicted octanol–water partition coefficient (Wildman–Crippen LogP) is 5.54. The van der Waals surface area contributed by atoms with Crippen LogP contribution in [0.15, 0.2) is 54.7 Å². The molecular formula is C23H22Cl2N2O2. The maximum Gasteiger partial charge on any atom is 0.222 e. The van der Waals surface area contributed by atoms with E-state index in [1.54, 1.807) is 18.3 Å². The summed E-state index contributed by atoms with van der Waals surface area (Å²) in [7, 11) is 0. The van der Waals surface area contributed by atoms with Crippen molar-refractivity contribution in [1.29, 1.82) is 0 Å². The molecule has 4 nitrogen and oxygen atoms in total. The monoisotopic (exact) mass is 428 g/mol. The first-order valence-corrected chi connectivity index (χ1v) is 10.6. The average molecular weight is 429 g/mol. The van der Waals surface area contributed by atoms with Crippen LogP contribution in [-0.2, 0) is 11.2 Å². The molecule has 1 saturated heterocycles. The minimum atomic E-state index is 0.0948. The SMILES string of the molecule is O=C(CCc1ccc(Cl)cc1Cl)N1CCC(Oc2cccc3cccnc23)CC1. The molecule has 6 heteroatoms. The number of piperidine rings is 1. The van der Waals surface area contributed by atoms with E-state index in [1.165, 1.54) is 0 Å². The van der Waals surface area contributed by atoms with Gasteiger partial charge in [0.05, 0.1) is 0 Å². The van der Waals surface area contributed by atoms with Gasteiger partial charge in [0.15, 0.2) is 0 Å². The van der Waals surface area contributed by atoms with Crippen molar-refractivity contribution in [3.05, 3.63) is 70.3 Å². The Kier molecular flexibility index (Phi) is 6.22. The lowest BCUT2D eigenvalue weighted by molar-refractivity contribution is -0.132. The number of nitrogens with zero attached hydrogens (tertiary/aromatic N) is 2. The predicted molar refractivity (Wildman–Crippen MR) is 117 cm³/mol. The molecule has 4 rings (SSSR count). The van der Waals surface area contributed by atoms with Gasteiger partial charge in [-0.2, -0.15) is 0 Å². The fraction of sp³-hybridized carbons (Fsp3) is 0.304. The summed E-state index contributed by atoms with van der Waals surface area (Å²) in [6, 6.07) is 15.3. The summed E-state index contributed by atoms with van der Waals surface area (Å²) >= 11 is 12.1. The lowest BCUT2D eigenvalue weighted by Gasteiger charge is -2.32. The number of aryl methyl sites for hydroxylation is 1. The number of halogens is 2. The molecule has 1 aliphatic heterocycles. The average Bonchev–Trinajstić information content (AvgIpc) is 2.74. The second kappa shape index (κ2) is 9.02. The standard InChI is InChI=1S/C23H22Cl2N2O2/c24-18-8-6-16(20(25)15-18)7-9-22(28)27-13-10-19(11-14-27)29-21-5-1-3-17-4-2-12-26-23(17)21/h1-6,8,12,15,19H,7,9-11,13-14H2. The van der Waals surface area contributed by atoms with Crippen LogP contribution in [0, 0.1) is 0 Å². The number of pyridine rings is 1. The van der Waals surface area contributed by atoms with Gasteiger partial charge in [-0.3, -0.25) is 9.78 Å². The summed E-state index contributed by atoms with van der Waals surface area (Å²) in [4.78, 5) is 19.0. The molecule has 1 aliphatic rings. The number of ether oxygens (including phenoxy) is 1. The van der Waals surface area contributed by atoms with E-state index >= 15 is 0 Å². The molecule has 1 amide bonds. The highest BCUT2D eigenvalue weighted by Crippen LogP contribution is 2.27. The van der Waals surface area contributed by atoms with Gasteiger partial charge < -0.3 is 9.64 Å². The lowest BCUT2D eigenvalue weighted by atomic mass is 10.1. The Hall–Kier alpha value is -2.30. The van der Waals surface area contributed by atoms with Crippen molar-refractivity contribution in [3.8, 4) is 5.75 Å². The molecule has 0 N–H and O–H groups in total. The van der Waals surface area contributed by atoms with Crippen LogP contribution in [0.3, 0.4) is 0 Å². The number of benzene rings is 2. The van der Waals surface area contributed by atoms with Crippen LogP contribution in [0.5, 0.6) is 5.75 Å². The highest BCUT2D eigenvalue weighted by Gasteiger charge is 2.24.